The Hall–Kier alpha value is -0.860. The minimum Gasteiger partial charge on any atom is -0.299 e. The van der Waals surface area contributed by atoms with Gasteiger partial charge in [0.15, 0.2) is 0 Å². The molecule has 0 N–H and O–H groups in total. The predicted octanol–water partition coefficient (Wildman–Crippen LogP) is 3.62. The number of hydrogen-bond acceptors (Lipinski definition) is 2. The highest BCUT2D eigenvalue weighted by molar-refractivity contribution is 5.28. The molecule has 0 radical (unpaired) electrons. The van der Waals surface area contributed by atoms with Gasteiger partial charge in [0.05, 0.1) is 0 Å². The first kappa shape index (κ1) is 14.1. The first-order valence-electron chi connectivity index (χ1n) is 8.29. The summed E-state index contributed by atoms with van der Waals surface area (Å²) in [6, 6.07) is 10.2. The summed E-state index contributed by atoms with van der Waals surface area (Å²) in [5.74, 6) is 0. The van der Waals surface area contributed by atoms with E-state index in [0.29, 0.717) is 6.04 Å². The Labute approximate surface area is 123 Å². The molecule has 1 aromatic carbocycles. The number of nitrogens with zero attached hydrogens (tertiary/aromatic N) is 2. The number of piperidine rings is 1. The van der Waals surface area contributed by atoms with Crippen LogP contribution in [0.15, 0.2) is 24.3 Å². The molecule has 2 fully saturated rings. The van der Waals surface area contributed by atoms with E-state index in [2.05, 4.69) is 47.9 Å². The monoisotopic (exact) mass is 272 g/mol. The molecule has 110 valence electrons. The zero-order chi connectivity index (χ0) is 13.9. The Bertz CT molecular complexity index is 443. The summed E-state index contributed by atoms with van der Waals surface area (Å²) in [4.78, 5) is 5.46. The standard InChI is InChI=1S/C18H28N2/c1-15-8-3-4-10-18(15)16(2)20-13-7-12-19-11-6-5-9-17(19)14-20/h3-4,8,10,16-17H,5-7,9,11-14H2,1-2H3. The Morgan fingerprint density at radius 3 is 2.70 bits per heavy atom. The van der Waals surface area contributed by atoms with E-state index in [4.69, 9.17) is 0 Å². The van der Waals surface area contributed by atoms with Crippen molar-refractivity contribution in [1.82, 2.24) is 9.80 Å². The summed E-state index contributed by atoms with van der Waals surface area (Å²) in [6.07, 6.45) is 5.56. The zero-order valence-electron chi connectivity index (χ0n) is 13.0. The molecule has 0 bridgehead atoms. The maximum Gasteiger partial charge on any atom is 0.0323 e. The van der Waals surface area contributed by atoms with Crippen LogP contribution < -0.4 is 0 Å². The average molecular weight is 272 g/mol. The van der Waals surface area contributed by atoms with Gasteiger partial charge < -0.3 is 0 Å². The predicted molar refractivity (Wildman–Crippen MR) is 85.0 cm³/mol. The van der Waals surface area contributed by atoms with Gasteiger partial charge in [-0.05, 0) is 57.3 Å². The van der Waals surface area contributed by atoms with E-state index in [1.165, 1.54) is 63.0 Å². The summed E-state index contributed by atoms with van der Waals surface area (Å²) >= 11 is 0. The smallest absolute Gasteiger partial charge is 0.0323 e. The molecule has 20 heavy (non-hydrogen) atoms. The topological polar surface area (TPSA) is 6.48 Å². The van der Waals surface area contributed by atoms with Crippen LogP contribution in [0, 0.1) is 6.92 Å². The van der Waals surface area contributed by atoms with E-state index in [9.17, 15) is 0 Å². The van der Waals surface area contributed by atoms with E-state index >= 15 is 0 Å². The second-order valence-corrected chi connectivity index (χ2v) is 6.57. The SMILES string of the molecule is Cc1ccccc1C(C)N1CCCN2CCCCC2C1. The molecular weight excluding hydrogens is 244 g/mol. The van der Waals surface area contributed by atoms with Crippen LogP contribution in [-0.2, 0) is 0 Å². The normalized spacial score (nSPS) is 26.8. The van der Waals surface area contributed by atoms with Crippen molar-refractivity contribution in [2.24, 2.45) is 0 Å². The van der Waals surface area contributed by atoms with E-state index in [1.807, 2.05) is 0 Å². The Morgan fingerprint density at radius 1 is 1.05 bits per heavy atom. The van der Waals surface area contributed by atoms with Crippen molar-refractivity contribution in [1.29, 1.82) is 0 Å². The molecule has 2 saturated heterocycles. The van der Waals surface area contributed by atoms with Gasteiger partial charge in [-0.2, -0.15) is 0 Å². The second kappa shape index (κ2) is 6.28. The van der Waals surface area contributed by atoms with E-state index in [1.54, 1.807) is 0 Å². The van der Waals surface area contributed by atoms with Crippen molar-refractivity contribution in [2.45, 2.75) is 51.6 Å². The molecule has 0 amide bonds. The molecule has 2 heterocycles. The van der Waals surface area contributed by atoms with Gasteiger partial charge in [-0.1, -0.05) is 30.7 Å². The van der Waals surface area contributed by atoms with Crippen LogP contribution in [0.25, 0.3) is 0 Å². The third-order valence-electron chi connectivity index (χ3n) is 5.27. The van der Waals surface area contributed by atoms with E-state index < -0.39 is 0 Å². The van der Waals surface area contributed by atoms with Crippen LogP contribution in [0.2, 0.25) is 0 Å². The molecule has 1 aromatic rings. The summed E-state index contributed by atoms with van der Waals surface area (Å²) < 4.78 is 0. The number of benzene rings is 1. The maximum absolute atomic E-state index is 2.74. The highest BCUT2D eigenvalue weighted by atomic mass is 15.3. The fourth-order valence-electron chi connectivity index (χ4n) is 4.00. The summed E-state index contributed by atoms with van der Waals surface area (Å²) in [5, 5.41) is 0. The van der Waals surface area contributed by atoms with Crippen molar-refractivity contribution in [3.05, 3.63) is 35.4 Å². The fourth-order valence-corrected chi connectivity index (χ4v) is 4.00. The molecule has 3 rings (SSSR count). The first-order valence-corrected chi connectivity index (χ1v) is 8.29. The number of rotatable bonds is 2. The van der Waals surface area contributed by atoms with Crippen molar-refractivity contribution >= 4 is 0 Å². The Morgan fingerprint density at radius 2 is 1.85 bits per heavy atom. The molecule has 2 aliphatic heterocycles. The van der Waals surface area contributed by atoms with Crippen molar-refractivity contribution in [3.63, 3.8) is 0 Å². The third kappa shape index (κ3) is 2.91. The molecule has 0 aromatic heterocycles. The van der Waals surface area contributed by atoms with E-state index in [0.717, 1.165) is 6.04 Å². The van der Waals surface area contributed by atoms with Crippen LogP contribution in [0.4, 0.5) is 0 Å². The third-order valence-corrected chi connectivity index (χ3v) is 5.27. The minimum atomic E-state index is 0.554. The number of fused-ring (bicyclic) bond motifs is 1. The molecule has 2 heteroatoms. The first-order chi connectivity index (χ1) is 9.75. The zero-order valence-corrected chi connectivity index (χ0v) is 13.0. The van der Waals surface area contributed by atoms with Gasteiger partial charge in [0.25, 0.3) is 0 Å². The molecule has 2 unspecified atom stereocenters. The largest absolute Gasteiger partial charge is 0.299 e. The number of aryl methyl sites for hydroxylation is 1. The van der Waals surface area contributed by atoms with Crippen LogP contribution in [-0.4, -0.2) is 42.0 Å². The van der Waals surface area contributed by atoms with Crippen molar-refractivity contribution in [3.8, 4) is 0 Å². The Balaban J connectivity index is 1.74. The summed E-state index contributed by atoms with van der Waals surface area (Å²) in [7, 11) is 0. The van der Waals surface area contributed by atoms with Crippen LogP contribution in [0.3, 0.4) is 0 Å². The molecular formula is C18H28N2. The molecule has 2 aliphatic rings. The Kier molecular flexibility index (Phi) is 4.42. The van der Waals surface area contributed by atoms with Crippen LogP contribution in [0.1, 0.15) is 49.8 Å². The van der Waals surface area contributed by atoms with E-state index in [-0.39, 0.29) is 0 Å². The van der Waals surface area contributed by atoms with Crippen molar-refractivity contribution in [2.75, 3.05) is 26.2 Å². The maximum atomic E-state index is 2.74. The lowest BCUT2D eigenvalue weighted by atomic mass is 9.99. The highest BCUT2D eigenvalue weighted by Gasteiger charge is 2.29. The lowest BCUT2D eigenvalue weighted by Gasteiger charge is -2.37. The lowest BCUT2D eigenvalue weighted by molar-refractivity contribution is 0.123. The van der Waals surface area contributed by atoms with Gasteiger partial charge in [-0.25, -0.2) is 0 Å². The second-order valence-electron chi connectivity index (χ2n) is 6.57. The van der Waals surface area contributed by atoms with Gasteiger partial charge >= 0.3 is 0 Å². The quantitative estimate of drug-likeness (QED) is 0.811. The minimum absolute atomic E-state index is 0.554. The molecule has 0 aliphatic carbocycles. The van der Waals surface area contributed by atoms with Gasteiger partial charge in [-0.15, -0.1) is 0 Å². The van der Waals surface area contributed by atoms with Crippen LogP contribution >= 0.6 is 0 Å². The average Bonchev–Trinajstić information content (AvgIpc) is 2.69. The molecule has 0 saturated carbocycles. The van der Waals surface area contributed by atoms with Gasteiger partial charge in [-0.3, -0.25) is 9.80 Å². The summed E-state index contributed by atoms with van der Waals surface area (Å²) in [6.45, 7) is 9.79. The van der Waals surface area contributed by atoms with Gasteiger partial charge in [0.1, 0.15) is 0 Å². The highest BCUT2D eigenvalue weighted by Crippen LogP contribution is 2.28. The van der Waals surface area contributed by atoms with Crippen molar-refractivity contribution < 1.29 is 0 Å². The lowest BCUT2D eigenvalue weighted by Crippen LogP contribution is -2.44. The van der Waals surface area contributed by atoms with Gasteiger partial charge in [0.2, 0.25) is 0 Å². The fraction of sp³-hybridized carbons (Fsp3) is 0.667. The molecule has 2 nitrogen and oxygen atoms in total. The van der Waals surface area contributed by atoms with Gasteiger partial charge in [0, 0.05) is 25.2 Å². The van der Waals surface area contributed by atoms with Crippen LogP contribution in [0.5, 0.6) is 0 Å². The molecule has 0 spiro atoms. The molecule has 2 atom stereocenters. The summed E-state index contributed by atoms with van der Waals surface area (Å²) in [5.41, 5.74) is 2.95. The number of hydrogen-bond donors (Lipinski definition) is 0.